The molecule has 0 aliphatic carbocycles. The van der Waals surface area contributed by atoms with Gasteiger partial charge in [-0.05, 0) is 25.8 Å². The summed E-state index contributed by atoms with van der Waals surface area (Å²) in [6.45, 7) is 6.36. The van der Waals surface area contributed by atoms with Crippen molar-refractivity contribution in [2.24, 2.45) is 5.73 Å². The van der Waals surface area contributed by atoms with Crippen LogP contribution >= 0.6 is 0 Å². The molecule has 0 aromatic carbocycles. The molecule has 84 valence electrons. The van der Waals surface area contributed by atoms with Gasteiger partial charge in [0.05, 0.1) is 0 Å². The van der Waals surface area contributed by atoms with E-state index in [0.29, 0.717) is 0 Å². The Hall–Kier alpha value is -0.380. The Morgan fingerprint density at radius 1 is 1.14 bits per heavy atom. The molecule has 0 fully saturated rings. The first-order valence-corrected chi connectivity index (χ1v) is 5.53. The molecule has 3 nitrogen and oxygen atoms in total. The predicted molar refractivity (Wildman–Crippen MR) is 61.2 cm³/mol. The second kappa shape index (κ2) is 10.7. The lowest BCUT2D eigenvalue weighted by Crippen LogP contribution is -2.30. The van der Waals surface area contributed by atoms with Gasteiger partial charge in [0, 0.05) is 26.2 Å². The van der Waals surface area contributed by atoms with Crippen molar-refractivity contribution in [1.29, 1.82) is 0 Å². The Morgan fingerprint density at radius 2 is 1.86 bits per heavy atom. The monoisotopic (exact) mass is 200 g/mol. The zero-order chi connectivity index (χ0) is 10.6. The predicted octanol–water partition coefficient (Wildman–Crippen LogP) is 0.986. The first-order valence-electron chi connectivity index (χ1n) is 5.53. The van der Waals surface area contributed by atoms with Crippen LogP contribution in [0.3, 0.4) is 0 Å². The largest absolute Gasteiger partial charge is 0.396 e. The average molecular weight is 200 g/mol. The molecule has 0 radical (unpaired) electrons. The Bertz CT molecular complexity index is 131. The molecule has 0 heterocycles. The quantitative estimate of drug-likeness (QED) is 0.546. The van der Waals surface area contributed by atoms with Crippen molar-refractivity contribution >= 4 is 0 Å². The first-order chi connectivity index (χ1) is 6.85. The van der Waals surface area contributed by atoms with Crippen LogP contribution < -0.4 is 5.73 Å². The maximum Gasteiger partial charge on any atom is 0.0465 e. The summed E-state index contributed by atoms with van der Waals surface area (Å²) in [5.41, 5.74) is 5.52. The molecule has 0 aliphatic heterocycles. The summed E-state index contributed by atoms with van der Waals surface area (Å²) >= 11 is 0. The maximum atomic E-state index is 8.57. The van der Waals surface area contributed by atoms with Crippen molar-refractivity contribution in [3.63, 3.8) is 0 Å². The lowest BCUT2D eigenvalue weighted by Gasteiger charge is -2.19. The number of aliphatic hydroxyl groups is 1. The molecule has 0 aromatic heterocycles. The number of nitrogens with zero attached hydrogens (tertiary/aromatic N) is 1. The standard InChI is InChI=1S/C11H24N2O/c1-2-8-13(10-7-12)9-5-3-4-6-11-14/h3-4,14H,2,5-12H2,1H3/b4-3-. The van der Waals surface area contributed by atoms with Gasteiger partial charge in [0.1, 0.15) is 0 Å². The lowest BCUT2D eigenvalue weighted by molar-refractivity contribution is 0.286. The fourth-order valence-electron chi connectivity index (χ4n) is 1.40. The minimum absolute atomic E-state index is 0.248. The summed E-state index contributed by atoms with van der Waals surface area (Å²) in [6, 6.07) is 0. The summed E-state index contributed by atoms with van der Waals surface area (Å²) in [7, 11) is 0. The van der Waals surface area contributed by atoms with Gasteiger partial charge in [0.25, 0.3) is 0 Å². The second-order valence-corrected chi connectivity index (χ2v) is 3.40. The van der Waals surface area contributed by atoms with E-state index in [9.17, 15) is 0 Å². The molecule has 0 aliphatic rings. The zero-order valence-electron chi connectivity index (χ0n) is 9.28. The third-order valence-corrected chi connectivity index (χ3v) is 2.06. The van der Waals surface area contributed by atoms with Gasteiger partial charge in [0.2, 0.25) is 0 Å². The molecule has 0 amide bonds. The zero-order valence-corrected chi connectivity index (χ0v) is 9.28. The van der Waals surface area contributed by atoms with Crippen LogP contribution in [0.5, 0.6) is 0 Å². The van der Waals surface area contributed by atoms with E-state index in [0.717, 1.165) is 39.0 Å². The maximum absolute atomic E-state index is 8.57. The van der Waals surface area contributed by atoms with Crippen molar-refractivity contribution < 1.29 is 5.11 Å². The van der Waals surface area contributed by atoms with Gasteiger partial charge in [-0.3, -0.25) is 0 Å². The van der Waals surface area contributed by atoms with Crippen LogP contribution in [0, 0.1) is 0 Å². The van der Waals surface area contributed by atoms with Crippen LogP contribution in [0.15, 0.2) is 12.2 Å². The van der Waals surface area contributed by atoms with Crippen LogP contribution in [-0.4, -0.2) is 42.8 Å². The number of aliphatic hydroxyl groups excluding tert-OH is 1. The lowest BCUT2D eigenvalue weighted by atomic mass is 10.3. The second-order valence-electron chi connectivity index (χ2n) is 3.40. The Morgan fingerprint density at radius 3 is 2.43 bits per heavy atom. The van der Waals surface area contributed by atoms with E-state index >= 15 is 0 Å². The minimum Gasteiger partial charge on any atom is -0.396 e. The number of hydrogen-bond donors (Lipinski definition) is 2. The Balaban J connectivity index is 3.48. The van der Waals surface area contributed by atoms with Crippen LogP contribution in [-0.2, 0) is 0 Å². The Kier molecular flexibility index (Phi) is 10.4. The summed E-state index contributed by atoms with van der Waals surface area (Å²) in [5, 5.41) is 8.57. The number of rotatable bonds is 9. The molecule has 0 atom stereocenters. The molecule has 14 heavy (non-hydrogen) atoms. The average Bonchev–Trinajstić information content (AvgIpc) is 2.18. The third-order valence-electron chi connectivity index (χ3n) is 2.06. The van der Waals surface area contributed by atoms with E-state index in [1.807, 2.05) is 6.08 Å². The van der Waals surface area contributed by atoms with Crippen molar-refractivity contribution in [2.45, 2.75) is 26.2 Å². The van der Waals surface area contributed by atoms with E-state index in [-0.39, 0.29) is 6.61 Å². The normalized spacial score (nSPS) is 11.7. The smallest absolute Gasteiger partial charge is 0.0465 e. The van der Waals surface area contributed by atoms with Gasteiger partial charge >= 0.3 is 0 Å². The van der Waals surface area contributed by atoms with Crippen molar-refractivity contribution in [3.05, 3.63) is 12.2 Å². The van der Waals surface area contributed by atoms with E-state index < -0.39 is 0 Å². The molecule has 0 spiro atoms. The number of nitrogens with two attached hydrogens (primary N) is 1. The van der Waals surface area contributed by atoms with E-state index in [1.165, 1.54) is 6.42 Å². The fourth-order valence-corrected chi connectivity index (χ4v) is 1.40. The molecule has 0 rings (SSSR count). The molecule has 0 aromatic rings. The summed E-state index contributed by atoms with van der Waals surface area (Å²) in [5.74, 6) is 0. The molecule has 3 N–H and O–H groups in total. The minimum atomic E-state index is 0.248. The van der Waals surface area contributed by atoms with E-state index in [4.69, 9.17) is 10.8 Å². The van der Waals surface area contributed by atoms with Crippen LogP contribution in [0.1, 0.15) is 26.2 Å². The van der Waals surface area contributed by atoms with Crippen LogP contribution in [0.25, 0.3) is 0 Å². The van der Waals surface area contributed by atoms with Crippen molar-refractivity contribution in [2.75, 3.05) is 32.8 Å². The van der Waals surface area contributed by atoms with Gasteiger partial charge in [-0.1, -0.05) is 19.1 Å². The van der Waals surface area contributed by atoms with Gasteiger partial charge < -0.3 is 15.7 Å². The highest BCUT2D eigenvalue weighted by Crippen LogP contribution is 1.95. The Labute approximate surface area is 87.6 Å². The summed E-state index contributed by atoms with van der Waals surface area (Å²) in [4.78, 5) is 2.38. The van der Waals surface area contributed by atoms with Gasteiger partial charge in [-0.2, -0.15) is 0 Å². The molecule has 0 bridgehead atoms. The molecule has 0 saturated heterocycles. The highest BCUT2D eigenvalue weighted by molar-refractivity contribution is 4.82. The topological polar surface area (TPSA) is 49.5 Å². The SMILES string of the molecule is CCCN(CCN)CC/C=C\CCO. The fraction of sp³-hybridized carbons (Fsp3) is 0.818. The van der Waals surface area contributed by atoms with E-state index in [2.05, 4.69) is 17.9 Å². The molecule has 0 saturated carbocycles. The molecular weight excluding hydrogens is 176 g/mol. The molecule has 0 unspecified atom stereocenters. The first kappa shape index (κ1) is 13.6. The van der Waals surface area contributed by atoms with Gasteiger partial charge in [0.15, 0.2) is 0 Å². The van der Waals surface area contributed by atoms with Gasteiger partial charge in [-0.15, -0.1) is 0 Å². The highest BCUT2D eigenvalue weighted by Gasteiger charge is 1.99. The summed E-state index contributed by atoms with van der Waals surface area (Å²) < 4.78 is 0. The molecular formula is C11H24N2O. The van der Waals surface area contributed by atoms with Crippen molar-refractivity contribution in [1.82, 2.24) is 4.90 Å². The number of hydrogen-bond acceptors (Lipinski definition) is 3. The molecule has 3 heteroatoms. The third kappa shape index (κ3) is 8.23. The van der Waals surface area contributed by atoms with Crippen LogP contribution in [0.2, 0.25) is 0 Å². The van der Waals surface area contributed by atoms with Crippen molar-refractivity contribution in [3.8, 4) is 0 Å². The van der Waals surface area contributed by atoms with Crippen LogP contribution in [0.4, 0.5) is 0 Å². The van der Waals surface area contributed by atoms with Gasteiger partial charge in [-0.25, -0.2) is 0 Å². The van der Waals surface area contributed by atoms with E-state index in [1.54, 1.807) is 0 Å². The summed E-state index contributed by atoms with van der Waals surface area (Å²) in [6.07, 6.45) is 7.17. The highest BCUT2D eigenvalue weighted by atomic mass is 16.2.